The van der Waals surface area contributed by atoms with Gasteiger partial charge in [-0.05, 0) is 59.1 Å². The molecular weight excluding hydrogens is 487 g/mol. The van der Waals surface area contributed by atoms with Crippen molar-refractivity contribution in [3.8, 4) is 17.3 Å². The van der Waals surface area contributed by atoms with Crippen molar-refractivity contribution < 1.29 is 0 Å². The molecule has 0 aliphatic heterocycles. The lowest BCUT2D eigenvalue weighted by Crippen LogP contribution is -2.10. The van der Waals surface area contributed by atoms with E-state index in [9.17, 15) is 0 Å². The van der Waals surface area contributed by atoms with Gasteiger partial charge < -0.3 is 5.32 Å². The summed E-state index contributed by atoms with van der Waals surface area (Å²) in [5, 5.41) is 13.3. The maximum atomic E-state index is 8.86. The van der Waals surface area contributed by atoms with Gasteiger partial charge in [-0.15, -0.1) is 0 Å². The molecule has 150 valence electrons. The first-order chi connectivity index (χ1) is 14.5. The lowest BCUT2D eigenvalue weighted by Gasteiger charge is -2.12. The SMILES string of the molecule is N#Cc1ccc(CCCNc2nc(-c3ccc(Cl)cc3Cl)cc3ncc(Br)n23)nc1. The fourth-order valence-corrected chi connectivity index (χ4v) is 3.99. The number of aromatic nitrogens is 4. The molecule has 3 aromatic heterocycles. The first-order valence-corrected chi connectivity index (χ1v) is 10.7. The van der Waals surface area contributed by atoms with Crippen molar-refractivity contribution in [2.45, 2.75) is 12.8 Å². The molecule has 9 heteroatoms. The molecule has 6 nitrogen and oxygen atoms in total. The lowest BCUT2D eigenvalue weighted by atomic mass is 10.1. The van der Waals surface area contributed by atoms with Crippen LogP contribution in [0.25, 0.3) is 16.9 Å². The van der Waals surface area contributed by atoms with Crippen LogP contribution in [-0.4, -0.2) is 25.9 Å². The molecule has 0 amide bonds. The number of pyridine rings is 1. The zero-order chi connectivity index (χ0) is 21.1. The Morgan fingerprint density at radius 3 is 2.70 bits per heavy atom. The molecule has 0 saturated carbocycles. The molecule has 1 aromatic carbocycles. The number of rotatable bonds is 6. The highest BCUT2D eigenvalue weighted by atomic mass is 79.9. The highest BCUT2D eigenvalue weighted by molar-refractivity contribution is 9.10. The van der Waals surface area contributed by atoms with Gasteiger partial charge in [0.25, 0.3) is 0 Å². The number of hydrogen-bond acceptors (Lipinski definition) is 5. The van der Waals surface area contributed by atoms with Gasteiger partial charge in [-0.2, -0.15) is 5.26 Å². The van der Waals surface area contributed by atoms with Crippen molar-refractivity contribution in [2.75, 3.05) is 11.9 Å². The van der Waals surface area contributed by atoms with Gasteiger partial charge in [0.15, 0.2) is 0 Å². The third-order valence-corrected chi connectivity index (χ3v) is 5.61. The average molecular weight is 502 g/mol. The molecule has 0 fully saturated rings. The predicted molar refractivity (Wildman–Crippen MR) is 122 cm³/mol. The van der Waals surface area contributed by atoms with Crippen LogP contribution in [0.2, 0.25) is 10.0 Å². The van der Waals surface area contributed by atoms with Gasteiger partial charge >= 0.3 is 0 Å². The van der Waals surface area contributed by atoms with Crippen molar-refractivity contribution in [2.24, 2.45) is 0 Å². The maximum Gasteiger partial charge on any atom is 0.210 e. The van der Waals surface area contributed by atoms with Crippen LogP contribution in [0.4, 0.5) is 5.95 Å². The highest BCUT2D eigenvalue weighted by Gasteiger charge is 2.13. The maximum absolute atomic E-state index is 8.86. The van der Waals surface area contributed by atoms with Crippen LogP contribution in [-0.2, 0) is 6.42 Å². The summed E-state index contributed by atoms with van der Waals surface area (Å²) in [6.07, 6.45) is 4.96. The minimum absolute atomic E-state index is 0.530. The van der Waals surface area contributed by atoms with Crippen molar-refractivity contribution in [1.82, 2.24) is 19.4 Å². The van der Waals surface area contributed by atoms with Crippen LogP contribution in [0.5, 0.6) is 0 Å². The average Bonchev–Trinajstić information content (AvgIpc) is 3.12. The summed E-state index contributed by atoms with van der Waals surface area (Å²) in [4.78, 5) is 13.5. The van der Waals surface area contributed by atoms with Gasteiger partial charge in [0, 0.05) is 35.1 Å². The van der Waals surface area contributed by atoms with Gasteiger partial charge in [0.2, 0.25) is 5.95 Å². The number of nitriles is 1. The Labute approximate surface area is 191 Å². The Kier molecular flexibility index (Phi) is 6.18. The molecule has 0 bridgehead atoms. The number of fused-ring (bicyclic) bond motifs is 1. The molecule has 0 spiro atoms. The number of nitrogens with zero attached hydrogens (tertiary/aromatic N) is 5. The van der Waals surface area contributed by atoms with Crippen LogP contribution in [0.1, 0.15) is 17.7 Å². The van der Waals surface area contributed by atoms with Crippen LogP contribution in [0.3, 0.4) is 0 Å². The Morgan fingerprint density at radius 1 is 1.10 bits per heavy atom. The molecule has 3 heterocycles. The van der Waals surface area contributed by atoms with E-state index in [1.54, 1.807) is 30.6 Å². The van der Waals surface area contributed by atoms with Crippen LogP contribution in [0.15, 0.2) is 53.4 Å². The Balaban J connectivity index is 1.55. The number of benzene rings is 1. The first-order valence-electron chi connectivity index (χ1n) is 9.13. The molecule has 0 radical (unpaired) electrons. The van der Waals surface area contributed by atoms with E-state index in [0.29, 0.717) is 33.8 Å². The van der Waals surface area contributed by atoms with Gasteiger partial charge in [-0.3, -0.25) is 9.38 Å². The molecule has 0 aliphatic carbocycles. The third-order valence-electron chi connectivity index (χ3n) is 4.50. The molecule has 1 N–H and O–H groups in total. The second-order valence-electron chi connectivity index (χ2n) is 6.54. The fourth-order valence-electron chi connectivity index (χ4n) is 3.04. The molecule has 0 atom stereocenters. The zero-order valence-corrected chi connectivity index (χ0v) is 18.7. The van der Waals surface area contributed by atoms with E-state index in [0.717, 1.165) is 34.3 Å². The van der Waals surface area contributed by atoms with E-state index in [2.05, 4.69) is 37.3 Å². The smallest absolute Gasteiger partial charge is 0.210 e. The van der Waals surface area contributed by atoms with E-state index in [1.807, 2.05) is 22.6 Å². The number of aryl methyl sites for hydroxylation is 1. The number of anilines is 1. The summed E-state index contributed by atoms with van der Waals surface area (Å²) >= 11 is 15.9. The summed E-state index contributed by atoms with van der Waals surface area (Å²) < 4.78 is 2.70. The Hall–Kier alpha value is -2.66. The number of nitrogens with one attached hydrogen (secondary N) is 1. The van der Waals surface area contributed by atoms with E-state index in [4.69, 9.17) is 33.4 Å². The zero-order valence-electron chi connectivity index (χ0n) is 15.6. The predicted octanol–water partition coefficient (Wildman–Crippen LogP) is 5.78. The quantitative estimate of drug-likeness (QED) is 0.339. The summed E-state index contributed by atoms with van der Waals surface area (Å²) in [6.45, 7) is 0.687. The molecule has 0 unspecified atom stereocenters. The van der Waals surface area contributed by atoms with Crippen LogP contribution >= 0.6 is 39.1 Å². The molecule has 4 rings (SSSR count). The minimum atomic E-state index is 0.530. The third kappa shape index (κ3) is 4.41. The van der Waals surface area contributed by atoms with Gasteiger partial charge in [0.05, 0.1) is 22.5 Å². The van der Waals surface area contributed by atoms with E-state index in [-0.39, 0.29) is 0 Å². The number of imidazole rings is 1. The lowest BCUT2D eigenvalue weighted by molar-refractivity contribution is 0.825. The molecule has 0 aliphatic rings. The standard InChI is InChI=1S/C21H15BrCl2N6/c22-19-12-28-20-9-18(16-6-4-14(23)8-17(16)24)29-21(30(19)20)26-7-1-2-15-5-3-13(10-25)11-27-15/h3-6,8-9,11-12H,1-2,7H2,(H,26,29). The van der Waals surface area contributed by atoms with Crippen molar-refractivity contribution >= 4 is 50.7 Å². The second kappa shape index (κ2) is 9.00. The topological polar surface area (TPSA) is 78.9 Å². The van der Waals surface area contributed by atoms with Crippen molar-refractivity contribution in [3.63, 3.8) is 0 Å². The van der Waals surface area contributed by atoms with Crippen molar-refractivity contribution in [3.05, 3.63) is 74.7 Å². The van der Waals surface area contributed by atoms with Gasteiger partial charge in [-0.25, -0.2) is 9.97 Å². The summed E-state index contributed by atoms with van der Waals surface area (Å²) in [6, 6.07) is 12.9. The molecule has 30 heavy (non-hydrogen) atoms. The largest absolute Gasteiger partial charge is 0.355 e. The molecular formula is C21H15BrCl2N6. The van der Waals surface area contributed by atoms with Gasteiger partial charge in [-0.1, -0.05) is 23.2 Å². The summed E-state index contributed by atoms with van der Waals surface area (Å²) in [5.74, 6) is 0.658. The fraction of sp³-hybridized carbons (Fsp3) is 0.143. The second-order valence-corrected chi connectivity index (χ2v) is 8.20. The number of halogens is 3. The molecule has 0 saturated heterocycles. The summed E-state index contributed by atoms with van der Waals surface area (Å²) in [7, 11) is 0. The Bertz CT molecular complexity index is 1250. The van der Waals surface area contributed by atoms with Gasteiger partial charge in [0.1, 0.15) is 16.3 Å². The number of hydrogen-bond donors (Lipinski definition) is 1. The van der Waals surface area contributed by atoms with Crippen LogP contribution < -0.4 is 5.32 Å². The Morgan fingerprint density at radius 2 is 1.97 bits per heavy atom. The summed E-state index contributed by atoms with van der Waals surface area (Å²) in [5.41, 5.74) is 3.74. The van der Waals surface area contributed by atoms with Crippen molar-refractivity contribution in [1.29, 1.82) is 5.26 Å². The van der Waals surface area contributed by atoms with E-state index in [1.165, 1.54) is 0 Å². The highest BCUT2D eigenvalue weighted by Crippen LogP contribution is 2.31. The van der Waals surface area contributed by atoms with Crippen LogP contribution in [0, 0.1) is 11.3 Å². The minimum Gasteiger partial charge on any atom is -0.355 e. The normalized spacial score (nSPS) is 10.9. The van der Waals surface area contributed by atoms with E-state index >= 15 is 0 Å². The first kappa shape index (κ1) is 20.6. The van der Waals surface area contributed by atoms with E-state index < -0.39 is 0 Å². The molecule has 4 aromatic rings. The monoisotopic (exact) mass is 500 g/mol.